The summed E-state index contributed by atoms with van der Waals surface area (Å²) in [5.74, 6) is -0.317. The van der Waals surface area contributed by atoms with Crippen LogP contribution in [0.5, 0.6) is 0 Å². The highest BCUT2D eigenvalue weighted by Crippen LogP contribution is 2.04. The molecular formula is C14H19NO4. The van der Waals surface area contributed by atoms with Gasteiger partial charge in [0.25, 0.3) is 0 Å². The smallest absolute Gasteiger partial charge is 0.404 e. The van der Waals surface area contributed by atoms with Gasteiger partial charge in [0.2, 0.25) is 0 Å². The van der Waals surface area contributed by atoms with Crippen molar-refractivity contribution >= 4 is 12.1 Å². The molecule has 1 aromatic carbocycles. The number of nitrogens with two attached hydrogens (primary N) is 1. The van der Waals surface area contributed by atoms with Crippen molar-refractivity contribution in [2.75, 3.05) is 13.2 Å². The number of aryl methyl sites for hydroxylation is 1. The Morgan fingerprint density at radius 3 is 2.42 bits per heavy atom. The van der Waals surface area contributed by atoms with Gasteiger partial charge in [0.15, 0.2) is 0 Å². The summed E-state index contributed by atoms with van der Waals surface area (Å²) < 4.78 is 9.70. The van der Waals surface area contributed by atoms with Gasteiger partial charge in [0.05, 0.1) is 13.2 Å². The number of carbonyl (C=O) groups excluding carboxylic acids is 2. The van der Waals surface area contributed by atoms with Crippen LogP contribution in [0.15, 0.2) is 30.3 Å². The van der Waals surface area contributed by atoms with Crippen molar-refractivity contribution in [2.45, 2.75) is 19.8 Å². The number of benzene rings is 1. The van der Waals surface area contributed by atoms with E-state index in [9.17, 15) is 9.59 Å². The van der Waals surface area contributed by atoms with Gasteiger partial charge < -0.3 is 15.2 Å². The van der Waals surface area contributed by atoms with Gasteiger partial charge in [-0.3, -0.25) is 4.79 Å². The molecule has 0 aliphatic carbocycles. The molecular weight excluding hydrogens is 246 g/mol. The van der Waals surface area contributed by atoms with Gasteiger partial charge in [-0.1, -0.05) is 37.3 Å². The number of primary amides is 1. The molecule has 1 unspecified atom stereocenters. The van der Waals surface area contributed by atoms with Crippen molar-refractivity contribution in [1.29, 1.82) is 0 Å². The molecule has 0 heterocycles. The monoisotopic (exact) mass is 265 g/mol. The van der Waals surface area contributed by atoms with E-state index in [1.165, 1.54) is 0 Å². The maximum absolute atomic E-state index is 11.5. The Kier molecular flexibility index (Phi) is 6.43. The molecule has 2 N–H and O–H groups in total. The number of hydrogen-bond donors (Lipinski definition) is 1. The first-order valence-corrected chi connectivity index (χ1v) is 6.19. The molecule has 0 spiro atoms. The lowest BCUT2D eigenvalue weighted by Gasteiger charge is -2.11. The number of rotatable bonds is 7. The molecule has 104 valence electrons. The van der Waals surface area contributed by atoms with Gasteiger partial charge in [-0.15, -0.1) is 0 Å². The van der Waals surface area contributed by atoms with Crippen LogP contribution in [0.3, 0.4) is 0 Å². The summed E-state index contributed by atoms with van der Waals surface area (Å²) >= 11 is 0. The molecule has 0 bridgehead atoms. The SMILES string of the molecule is CC(COC(N)=O)COC(=O)CCc1ccccc1. The van der Waals surface area contributed by atoms with Crippen LogP contribution in [-0.2, 0) is 20.7 Å². The predicted molar refractivity (Wildman–Crippen MR) is 70.4 cm³/mol. The van der Waals surface area contributed by atoms with Crippen LogP contribution in [0.2, 0.25) is 0 Å². The van der Waals surface area contributed by atoms with Gasteiger partial charge in [-0.05, 0) is 12.0 Å². The number of carbonyl (C=O) groups is 2. The maximum Gasteiger partial charge on any atom is 0.404 e. The third-order valence-corrected chi connectivity index (χ3v) is 2.50. The van der Waals surface area contributed by atoms with Gasteiger partial charge in [-0.25, -0.2) is 4.79 Å². The molecule has 0 saturated heterocycles. The molecule has 1 aromatic rings. The maximum atomic E-state index is 11.5. The summed E-state index contributed by atoms with van der Waals surface area (Å²) in [5.41, 5.74) is 5.94. The topological polar surface area (TPSA) is 78.6 Å². The highest BCUT2D eigenvalue weighted by atomic mass is 16.6. The third kappa shape index (κ3) is 7.08. The van der Waals surface area contributed by atoms with E-state index in [1.54, 1.807) is 0 Å². The molecule has 1 rings (SSSR count). The fourth-order valence-corrected chi connectivity index (χ4v) is 1.47. The van der Waals surface area contributed by atoms with Gasteiger partial charge >= 0.3 is 12.1 Å². The molecule has 0 aromatic heterocycles. The largest absolute Gasteiger partial charge is 0.465 e. The zero-order valence-corrected chi connectivity index (χ0v) is 11.0. The highest BCUT2D eigenvalue weighted by Gasteiger charge is 2.09. The number of hydrogen-bond acceptors (Lipinski definition) is 4. The first kappa shape index (κ1) is 15.0. The Hall–Kier alpha value is -2.04. The van der Waals surface area contributed by atoms with Gasteiger partial charge in [0, 0.05) is 12.3 Å². The summed E-state index contributed by atoms with van der Waals surface area (Å²) in [6, 6.07) is 9.74. The van der Waals surface area contributed by atoms with E-state index < -0.39 is 6.09 Å². The van der Waals surface area contributed by atoms with E-state index in [-0.39, 0.29) is 25.1 Å². The Morgan fingerprint density at radius 1 is 1.16 bits per heavy atom. The van der Waals surface area contributed by atoms with Gasteiger partial charge in [0.1, 0.15) is 0 Å². The molecule has 1 atom stereocenters. The van der Waals surface area contributed by atoms with Crippen LogP contribution >= 0.6 is 0 Å². The van der Waals surface area contributed by atoms with Crippen LogP contribution in [0.1, 0.15) is 18.9 Å². The molecule has 0 radical (unpaired) electrons. The Labute approximate surface area is 112 Å². The number of ether oxygens (including phenoxy) is 2. The van der Waals surface area contributed by atoms with Crippen molar-refractivity contribution in [1.82, 2.24) is 0 Å². The van der Waals surface area contributed by atoms with E-state index >= 15 is 0 Å². The lowest BCUT2D eigenvalue weighted by atomic mass is 10.1. The zero-order chi connectivity index (χ0) is 14.1. The van der Waals surface area contributed by atoms with E-state index in [0.717, 1.165) is 5.56 Å². The van der Waals surface area contributed by atoms with Crippen molar-refractivity contribution in [3.05, 3.63) is 35.9 Å². The lowest BCUT2D eigenvalue weighted by molar-refractivity contribution is -0.145. The molecule has 0 aliphatic heterocycles. The van der Waals surface area contributed by atoms with Crippen molar-refractivity contribution in [2.24, 2.45) is 11.7 Å². The van der Waals surface area contributed by atoms with Crippen LogP contribution < -0.4 is 5.73 Å². The van der Waals surface area contributed by atoms with E-state index in [4.69, 9.17) is 10.5 Å². The molecule has 5 nitrogen and oxygen atoms in total. The van der Waals surface area contributed by atoms with Crippen LogP contribution in [0, 0.1) is 5.92 Å². The number of amides is 1. The predicted octanol–water partition coefficient (Wildman–Crippen LogP) is 1.89. The second-order valence-electron chi connectivity index (χ2n) is 4.40. The first-order chi connectivity index (χ1) is 9.08. The minimum atomic E-state index is -0.817. The first-order valence-electron chi connectivity index (χ1n) is 6.19. The molecule has 0 aliphatic rings. The molecule has 0 saturated carbocycles. The summed E-state index contributed by atoms with van der Waals surface area (Å²) in [7, 11) is 0. The lowest BCUT2D eigenvalue weighted by Crippen LogP contribution is -2.21. The summed E-state index contributed by atoms with van der Waals surface area (Å²) in [6.07, 6.45) is 0.182. The zero-order valence-electron chi connectivity index (χ0n) is 11.0. The second-order valence-corrected chi connectivity index (χ2v) is 4.40. The summed E-state index contributed by atoms with van der Waals surface area (Å²) in [5, 5.41) is 0. The minimum absolute atomic E-state index is 0.0619. The Morgan fingerprint density at radius 2 is 1.79 bits per heavy atom. The highest BCUT2D eigenvalue weighted by molar-refractivity contribution is 5.69. The average Bonchev–Trinajstić information content (AvgIpc) is 2.41. The fraction of sp³-hybridized carbons (Fsp3) is 0.429. The number of esters is 1. The summed E-state index contributed by atoms with van der Waals surface area (Å²) in [6.45, 7) is 2.19. The fourth-order valence-electron chi connectivity index (χ4n) is 1.47. The minimum Gasteiger partial charge on any atom is -0.465 e. The molecule has 5 heteroatoms. The molecule has 1 amide bonds. The average molecular weight is 265 g/mol. The van der Waals surface area contributed by atoms with Gasteiger partial charge in [-0.2, -0.15) is 0 Å². The standard InChI is InChI=1S/C14H19NO4/c1-11(10-19-14(15)17)9-18-13(16)8-7-12-5-3-2-4-6-12/h2-6,11H,7-10H2,1H3,(H2,15,17). The van der Waals surface area contributed by atoms with E-state index in [1.807, 2.05) is 37.3 Å². The molecule has 19 heavy (non-hydrogen) atoms. The van der Waals surface area contributed by atoms with Crippen LogP contribution in [0.25, 0.3) is 0 Å². The van der Waals surface area contributed by atoms with Crippen LogP contribution in [-0.4, -0.2) is 25.3 Å². The van der Waals surface area contributed by atoms with Crippen molar-refractivity contribution in [3.63, 3.8) is 0 Å². The Balaban J connectivity index is 2.16. The van der Waals surface area contributed by atoms with E-state index in [2.05, 4.69) is 4.74 Å². The van der Waals surface area contributed by atoms with Crippen molar-refractivity contribution < 1.29 is 19.1 Å². The quantitative estimate of drug-likeness (QED) is 0.764. The van der Waals surface area contributed by atoms with Crippen LogP contribution in [0.4, 0.5) is 4.79 Å². The van der Waals surface area contributed by atoms with E-state index in [0.29, 0.717) is 12.8 Å². The molecule has 0 fully saturated rings. The third-order valence-electron chi connectivity index (χ3n) is 2.50. The Bertz CT molecular complexity index is 405. The summed E-state index contributed by atoms with van der Waals surface area (Å²) in [4.78, 5) is 21.9. The second kappa shape index (κ2) is 8.13. The normalized spacial score (nSPS) is 11.6. The van der Waals surface area contributed by atoms with Crippen molar-refractivity contribution in [3.8, 4) is 0 Å².